The van der Waals surface area contributed by atoms with Gasteiger partial charge in [-0.3, -0.25) is 4.79 Å². The Bertz CT molecular complexity index is 410. The third kappa shape index (κ3) is 3.68. The maximum atomic E-state index is 11.7. The lowest BCUT2D eigenvalue weighted by Gasteiger charge is -2.12. The van der Waals surface area contributed by atoms with Gasteiger partial charge in [0.1, 0.15) is 0 Å². The molecule has 1 heterocycles. The number of nitrogens with zero attached hydrogens (tertiary/aromatic N) is 1. The van der Waals surface area contributed by atoms with E-state index in [1.54, 1.807) is 10.6 Å². The van der Waals surface area contributed by atoms with Crippen LogP contribution in [0.3, 0.4) is 0 Å². The molecule has 0 amide bonds. The summed E-state index contributed by atoms with van der Waals surface area (Å²) in [6, 6.07) is 4.40. The highest BCUT2D eigenvalue weighted by atomic mass is 79.9. The maximum Gasteiger partial charge on any atom is 0.264 e. The average Bonchev–Trinajstić information content (AvgIpc) is 2.83. The van der Waals surface area contributed by atoms with Crippen LogP contribution in [-0.2, 0) is 6.54 Å². The van der Waals surface area contributed by atoms with E-state index in [9.17, 15) is 4.79 Å². The summed E-state index contributed by atoms with van der Waals surface area (Å²) in [5, 5.41) is 3.56. The fourth-order valence-electron chi connectivity index (χ4n) is 2.37. The highest BCUT2D eigenvalue weighted by molar-refractivity contribution is 9.10. The van der Waals surface area contributed by atoms with E-state index in [1.807, 2.05) is 12.3 Å². The van der Waals surface area contributed by atoms with Gasteiger partial charge < -0.3 is 9.88 Å². The number of halogens is 1. The minimum Gasteiger partial charge on any atom is -0.315 e. The van der Waals surface area contributed by atoms with Crippen molar-refractivity contribution >= 4 is 15.9 Å². The van der Waals surface area contributed by atoms with Crippen LogP contribution < -0.4 is 10.9 Å². The molecule has 1 aliphatic rings. The summed E-state index contributed by atoms with van der Waals surface area (Å²) in [5.41, 5.74) is 0.0633. The molecular formula is C13H19BrN2O. The Labute approximate surface area is 110 Å². The van der Waals surface area contributed by atoms with Gasteiger partial charge in [-0.1, -0.05) is 12.8 Å². The van der Waals surface area contributed by atoms with Crippen molar-refractivity contribution in [3.8, 4) is 0 Å². The summed E-state index contributed by atoms with van der Waals surface area (Å²) in [7, 11) is 0. The highest BCUT2D eigenvalue weighted by Crippen LogP contribution is 2.17. The van der Waals surface area contributed by atoms with E-state index in [0.29, 0.717) is 10.5 Å². The predicted molar refractivity (Wildman–Crippen MR) is 73.3 cm³/mol. The van der Waals surface area contributed by atoms with Crippen LogP contribution in [0.15, 0.2) is 27.6 Å². The first kappa shape index (κ1) is 12.8. The van der Waals surface area contributed by atoms with Crippen molar-refractivity contribution in [2.45, 2.75) is 44.7 Å². The van der Waals surface area contributed by atoms with E-state index in [1.165, 1.54) is 25.7 Å². The average molecular weight is 299 g/mol. The molecular weight excluding hydrogens is 280 g/mol. The molecule has 4 heteroatoms. The molecule has 0 saturated heterocycles. The van der Waals surface area contributed by atoms with Crippen LogP contribution >= 0.6 is 15.9 Å². The molecule has 1 aromatic heterocycles. The molecule has 1 aliphatic carbocycles. The molecule has 0 bridgehead atoms. The molecule has 1 aromatic rings. The van der Waals surface area contributed by atoms with Gasteiger partial charge >= 0.3 is 0 Å². The minimum absolute atomic E-state index is 0.0633. The molecule has 0 aromatic carbocycles. The summed E-state index contributed by atoms with van der Waals surface area (Å²) in [5.74, 6) is 0. The van der Waals surface area contributed by atoms with Crippen LogP contribution in [0.1, 0.15) is 32.1 Å². The molecule has 3 nitrogen and oxygen atoms in total. The number of nitrogens with one attached hydrogen (secondary N) is 1. The molecule has 0 spiro atoms. The first-order valence-electron chi connectivity index (χ1n) is 6.36. The van der Waals surface area contributed by atoms with Gasteiger partial charge in [-0.05, 0) is 53.9 Å². The summed E-state index contributed by atoms with van der Waals surface area (Å²) in [6.45, 7) is 1.79. The smallest absolute Gasteiger partial charge is 0.264 e. The first-order chi connectivity index (χ1) is 8.27. The Kier molecular flexibility index (Phi) is 4.80. The Morgan fingerprint density at radius 1 is 1.41 bits per heavy atom. The van der Waals surface area contributed by atoms with Gasteiger partial charge in [-0.25, -0.2) is 0 Å². The second kappa shape index (κ2) is 6.36. The highest BCUT2D eigenvalue weighted by Gasteiger charge is 2.13. The van der Waals surface area contributed by atoms with Gasteiger partial charge in [0.05, 0.1) is 4.47 Å². The monoisotopic (exact) mass is 298 g/mol. The molecule has 0 atom stereocenters. The number of hydrogen-bond donors (Lipinski definition) is 1. The number of aryl methyl sites for hydroxylation is 1. The van der Waals surface area contributed by atoms with E-state index >= 15 is 0 Å². The number of pyridine rings is 1. The topological polar surface area (TPSA) is 34.0 Å². The second-order valence-electron chi connectivity index (χ2n) is 4.64. The van der Waals surface area contributed by atoms with E-state index in [0.717, 1.165) is 19.5 Å². The fraction of sp³-hybridized carbons (Fsp3) is 0.615. The third-order valence-corrected chi connectivity index (χ3v) is 3.94. The van der Waals surface area contributed by atoms with Crippen LogP contribution in [-0.4, -0.2) is 17.2 Å². The van der Waals surface area contributed by atoms with Crippen molar-refractivity contribution in [3.63, 3.8) is 0 Å². The van der Waals surface area contributed by atoms with Crippen molar-refractivity contribution in [1.82, 2.24) is 9.88 Å². The normalized spacial score (nSPS) is 16.5. The van der Waals surface area contributed by atoms with Crippen LogP contribution in [0.25, 0.3) is 0 Å². The lowest BCUT2D eigenvalue weighted by Crippen LogP contribution is -2.28. The summed E-state index contributed by atoms with van der Waals surface area (Å²) in [4.78, 5) is 11.7. The molecule has 2 rings (SSSR count). The van der Waals surface area contributed by atoms with Gasteiger partial charge in [-0.2, -0.15) is 0 Å². The fourth-order valence-corrected chi connectivity index (χ4v) is 2.75. The quantitative estimate of drug-likeness (QED) is 0.848. The second-order valence-corrected chi connectivity index (χ2v) is 5.50. The SMILES string of the molecule is O=c1c(Br)cccn1CCCNC1CCCC1. The minimum atomic E-state index is 0.0633. The van der Waals surface area contributed by atoms with E-state index in [4.69, 9.17) is 0 Å². The molecule has 1 N–H and O–H groups in total. The summed E-state index contributed by atoms with van der Waals surface area (Å²) >= 11 is 3.26. The van der Waals surface area contributed by atoms with Crippen molar-refractivity contribution in [3.05, 3.63) is 33.2 Å². The van der Waals surface area contributed by atoms with Gasteiger partial charge in [0.15, 0.2) is 0 Å². The van der Waals surface area contributed by atoms with E-state index < -0.39 is 0 Å². The third-order valence-electron chi connectivity index (χ3n) is 3.34. The molecule has 1 fully saturated rings. The zero-order valence-electron chi connectivity index (χ0n) is 9.99. The molecule has 94 valence electrons. The zero-order chi connectivity index (χ0) is 12.1. The first-order valence-corrected chi connectivity index (χ1v) is 7.15. The molecule has 1 saturated carbocycles. The molecule has 0 radical (unpaired) electrons. The molecule has 17 heavy (non-hydrogen) atoms. The van der Waals surface area contributed by atoms with E-state index in [2.05, 4.69) is 21.2 Å². The van der Waals surface area contributed by atoms with Crippen LogP contribution in [0, 0.1) is 0 Å². The van der Waals surface area contributed by atoms with Crippen molar-refractivity contribution in [1.29, 1.82) is 0 Å². The Balaban J connectivity index is 1.74. The number of aromatic nitrogens is 1. The van der Waals surface area contributed by atoms with Crippen LogP contribution in [0.2, 0.25) is 0 Å². The molecule has 0 unspecified atom stereocenters. The van der Waals surface area contributed by atoms with Gasteiger partial charge in [0.25, 0.3) is 5.56 Å². The molecule has 0 aliphatic heterocycles. The van der Waals surface area contributed by atoms with Crippen molar-refractivity contribution in [2.24, 2.45) is 0 Å². The van der Waals surface area contributed by atoms with Crippen LogP contribution in [0.5, 0.6) is 0 Å². The number of hydrogen-bond acceptors (Lipinski definition) is 2. The van der Waals surface area contributed by atoms with Crippen molar-refractivity contribution < 1.29 is 0 Å². The Morgan fingerprint density at radius 3 is 2.94 bits per heavy atom. The number of rotatable bonds is 5. The van der Waals surface area contributed by atoms with Gasteiger partial charge in [0.2, 0.25) is 0 Å². The maximum absolute atomic E-state index is 11.7. The Hall–Kier alpha value is -0.610. The lowest BCUT2D eigenvalue weighted by molar-refractivity contribution is 0.492. The zero-order valence-corrected chi connectivity index (χ0v) is 11.6. The van der Waals surface area contributed by atoms with Crippen LogP contribution in [0.4, 0.5) is 0 Å². The lowest BCUT2D eigenvalue weighted by atomic mass is 10.2. The summed E-state index contributed by atoms with van der Waals surface area (Å²) < 4.78 is 2.41. The largest absolute Gasteiger partial charge is 0.315 e. The van der Waals surface area contributed by atoms with Crippen molar-refractivity contribution in [2.75, 3.05) is 6.54 Å². The van der Waals surface area contributed by atoms with E-state index in [-0.39, 0.29) is 5.56 Å². The Morgan fingerprint density at radius 2 is 2.18 bits per heavy atom. The van der Waals surface area contributed by atoms with Gasteiger partial charge in [0, 0.05) is 18.8 Å². The summed E-state index contributed by atoms with van der Waals surface area (Å²) in [6.07, 6.45) is 8.22. The predicted octanol–water partition coefficient (Wildman–Crippen LogP) is 2.53. The van der Waals surface area contributed by atoms with Gasteiger partial charge in [-0.15, -0.1) is 0 Å². The standard InChI is InChI=1S/C13H19BrN2O/c14-12-7-3-9-16(13(12)17)10-4-8-15-11-5-1-2-6-11/h3,7,9,11,15H,1-2,4-6,8,10H2.